The van der Waals surface area contributed by atoms with Crippen LogP contribution >= 0.6 is 0 Å². The van der Waals surface area contributed by atoms with E-state index in [-0.39, 0.29) is 0 Å². The standard InChI is InChI=1S/C9H15N3O/c1-3-4-5-12-6-8(9(10)13)7(2)11-12/h6H,3-5H2,1-2H3,(H2,10,13). The van der Waals surface area contributed by atoms with Gasteiger partial charge in [-0.1, -0.05) is 13.3 Å². The number of nitrogens with two attached hydrogens (primary N) is 1. The maximum atomic E-state index is 10.9. The van der Waals surface area contributed by atoms with E-state index in [1.807, 2.05) is 0 Å². The highest BCUT2D eigenvalue weighted by Gasteiger charge is 2.08. The predicted octanol–water partition coefficient (Wildman–Crippen LogP) is 1.09. The minimum Gasteiger partial charge on any atom is -0.365 e. The maximum Gasteiger partial charge on any atom is 0.252 e. The Kier molecular flexibility index (Phi) is 3.06. The van der Waals surface area contributed by atoms with Crippen molar-refractivity contribution in [2.75, 3.05) is 0 Å². The van der Waals surface area contributed by atoms with E-state index in [2.05, 4.69) is 12.0 Å². The fourth-order valence-corrected chi connectivity index (χ4v) is 1.19. The first-order valence-electron chi connectivity index (χ1n) is 4.49. The van der Waals surface area contributed by atoms with Gasteiger partial charge in [-0.25, -0.2) is 0 Å². The number of rotatable bonds is 4. The van der Waals surface area contributed by atoms with Crippen LogP contribution in [0.3, 0.4) is 0 Å². The number of carbonyl (C=O) groups is 1. The van der Waals surface area contributed by atoms with E-state index in [1.165, 1.54) is 0 Å². The van der Waals surface area contributed by atoms with Gasteiger partial charge in [-0.05, 0) is 13.3 Å². The van der Waals surface area contributed by atoms with Gasteiger partial charge in [-0.2, -0.15) is 5.10 Å². The molecule has 0 atom stereocenters. The van der Waals surface area contributed by atoms with Crippen LogP contribution in [-0.4, -0.2) is 15.7 Å². The molecule has 1 rings (SSSR count). The Balaban J connectivity index is 2.76. The highest BCUT2D eigenvalue weighted by atomic mass is 16.1. The Labute approximate surface area is 77.7 Å². The lowest BCUT2D eigenvalue weighted by Crippen LogP contribution is -2.11. The van der Waals surface area contributed by atoms with Gasteiger partial charge in [0, 0.05) is 12.7 Å². The molecule has 0 unspecified atom stereocenters. The zero-order valence-corrected chi connectivity index (χ0v) is 8.08. The van der Waals surface area contributed by atoms with E-state index in [9.17, 15) is 4.79 Å². The molecule has 0 bridgehead atoms. The Morgan fingerprint density at radius 2 is 2.38 bits per heavy atom. The average Bonchev–Trinajstić information content (AvgIpc) is 2.43. The monoisotopic (exact) mass is 181 g/mol. The lowest BCUT2D eigenvalue weighted by molar-refractivity contribution is 0.0999. The largest absolute Gasteiger partial charge is 0.365 e. The molecule has 0 aliphatic carbocycles. The van der Waals surface area contributed by atoms with Crippen molar-refractivity contribution in [1.82, 2.24) is 9.78 Å². The molecular weight excluding hydrogens is 166 g/mol. The van der Waals surface area contributed by atoms with Gasteiger partial charge in [0.15, 0.2) is 0 Å². The third-order valence-corrected chi connectivity index (χ3v) is 1.95. The summed E-state index contributed by atoms with van der Waals surface area (Å²) >= 11 is 0. The topological polar surface area (TPSA) is 60.9 Å². The summed E-state index contributed by atoms with van der Waals surface area (Å²) in [5.74, 6) is -0.403. The molecule has 1 aromatic heterocycles. The van der Waals surface area contributed by atoms with Gasteiger partial charge >= 0.3 is 0 Å². The Bertz CT molecular complexity index is 304. The number of primary amides is 1. The second kappa shape index (κ2) is 4.07. The molecule has 4 nitrogen and oxygen atoms in total. The summed E-state index contributed by atoms with van der Waals surface area (Å²) in [6.07, 6.45) is 3.90. The molecule has 72 valence electrons. The van der Waals surface area contributed by atoms with Crippen LogP contribution in [0, 0.1) is 6.92 Å². The Hall–Kier alpha value is -1.32. The highest BCUT2D eigenvalue weighted by Crippen LogP contribution is 2.05. The number of unbranched alkanes of at least 4 members (excludes halogenated alkanes) is 1. The average molecular weight is 181 g/mol. The van der Waals surface area contributed by atoms with Gasteiger partial charge < -0.3 is 5.73 Å². The maximum absolute atomic E-state index is 10.9. The summed E-state index contributed by atoms with van der Waals surface area (Å²) in [6.45, 7) is 4.76. The molecule has 2 N–H and O–H groups in total. The highest BCUT2D eigenvalue weighted by molar-refractivity contribution is 5.93. The molecule has 0 aromatic carbocycles. The molecule has 0 aliphatic heterocycles. The molecule has 0 spiro atoms. The van der Waals surface area contributed by atoms with E-state index < -0.39 is 5.91 Å². The van der Waals surface area contributed by atoms with Crippen molar-refractivity contribution in [1.29, 1.82) is 0 Å². The van der Waals surface area contributed by atoms with Crippen molar-refractivity contribution < 1.29 is 4.79 Å². The third kappa shape index (κ3) is 2.31. The number of hydrogen-bond donors (Lipinski definition) is 1. The second-order valence-electron chi connectivity index (χ2n) is 3.11. The van der Waals surface area contributed by atoms with Crippen LogP contribution in [0.1, 0.15) is 35.8 Å². The van der Waals surface area contributed by atoms with Gasteiger partial charge in [-0.15, -0.1) is 0 Å². The van der Waals surface area contributed by atoms with E-state index >= 15 is 0 Å². The fourth-order valence-electron chi connectivity index (χ4n) is 1.19. The lowest BCUT2D eigenvalue weighted by Gasteiger charge is -1.96. The molecule has 0 radical (unpaired) electrons. The van der Waals surface area contributed by atoms with Crippen LogP contribution in [0.2, 0.25) is 0 Å². The molecule has 0 fully saturated rings. The molecular formula is C9H15N3O. The quantitative estimate of drug-likeness (QED) is 0.755. The summed E-state index contributed by atoms with van der Waals surface area (Å²) < 4.78 is 1.78. The number of carbonyl (C=O) groups excluding carboxylic acids is 1. The van der Waals surface area contributed by atoms with Crippen LogP contribution in [-0.2, 0) is 6.54 Å². The van der Waals surface area contributed by atoms with Crippen LogP contribution < -0.4 is 5.73 Å². The van der Waals surface area contributed by atoms with Crippen LogP contribution in [0.4, 0.5) is 0 Å². The van der Waals surface area contributed by atoms with Crippen LogP contribution in [0.15, 0.2) is 6.20 Å². The first kappa shape index (κ1) is 9.77. The van der Waals surface area contributed by atoms with Crippen molar-refractivity contribution in [3.8, 4) is 0 Å². The lowest BCUT2D eigenvalue weighted by atomic mass is 10.2. The van der Waals surface area contributed by atoms with Gasteiger partial charge in [-0.3, -0.25) is 9.48 Å². The smallest absolute Gasteiger partial charge is 0.252 e. The number of aromatic nitrogens is 2. The zero-order chi connectivity index (χ0) is 9.84. The van der Waals surface area contributed by atoms with Crippen molar-refractivity contribution in [3.63, 3.8) is 0 Å². The summed E-state index contributed by atoms with van der Waals surface area (Å²) in [4.78, 5) is 10.9. The van der Waals surface area contributed by atoms with Gasteiger partial charge in [0.2, 0.25) is 0 Å². The third-order valence-electron chi connectivity index (χ3n) is 1.95. The minimum atomic E-state index is -0.403. The van der Waals surface area contributed by atoms with Gasteiger partial charge in [0.05, 0.1) is 11.3 Å². The van der Waals surface area contributed by atoms with Gasteiger partial charge in [0.1, 0.15) is 0 Å². The summed E-state index contributed by atoms with van der Waals surface area (Å²) in [6, 6.07) is 0. The normalized spacial score (nSPS) is 10.3. The molecule has 0 saturated heterocycles. The SMILES string of the molecule is CCCCn1cc(C(N)=O)c(C)n1. The van der Waals surface area contributed by atoms with Crippen LogP contribution in [0.5, 0.6) is 0 Å². The number of amides is 1. The van der Waals surface area contributed by atoms with Crippen LogP contribution in [0.25, 0.3) is 0 Å². The fraction of sp³-hybridized carbons (Fsp3) is 0.556. The molecule has 0 aliphatic rings. The molecule has 0 saturated carbocycles. The summed E-state index contributed by atoms with van der Waals surface area (Å²) in [7, 11) is 0. The number of hydrogen-bond acceptors (Lipinski definition) is 2. The summed E-state index contributed by atoms with van der Waals surface area (Å²) in [5, 5.41) is 4.19. The Morgan fingerprint density at radius 3 is 2.85 bits per heavy atom. The summed E-state index contributed by atoms with van der Waals surface area (Å²) in [5.41, 5.74) is 6.40. The minimum absolute atomic E-state index is 0.403. The first-order chi connectivity index (χ1) is 6.15. The number of nitrogens with zero attached hydrogens (tertiary/aromatic N) is 2. The van der Waals surface area contributed by atoms with Crippen molar-refractivity contribution in [3.05, 3.63) is 17.5 Å². The van der Waals surface area contributed by atoms with Crippen molar-refractivity contribution in [2.24, 2.45) is 5.73 Å². The molecule has 1 amide bonds. The van der Waals surface area contributed by atoms with Crippen molar-refractivity contribution in [2.45, 2.75) is 33.2 Å². The molecule has 4 heteroatoms. The zero-order valence-electron chi connectivity index (χ0n) is 8.08. The molecule has 1 aromatic rings. The van der Waals surface area contributed by atoms with E-state index in [4.69, 9.17) is 5.73 Å². The van der Waals surface area contributed by atoms with Crippen molar-refractivity contribution >= 4 is 5.91 Å². The second-order valence-corrected chi connectivity index (χ2v) is 3.11. The number of aryl methyl sites for hydroxylation is 2. The molecule has 1 heterocycles. The predicted molar refractivity (Wildman–Crippen MR) is 50.4 cm³/mol. The first-order valence-corrected chi connectivity index (χ1v) is 4.49. The van der Waals surface area contributed by atoms with E-state index in [0.717, 1.165) is 19.4 Å². The van der Waals surface area contributed by atoms with E-state index in [0.29, 0.717) is 11.3 Å². The molecule has 13 heavy (non-hydrogen) atoms. The Morgan fingerprint density at radius 1 is 1.69 bits per heavy atom. The van der Waals surface area contributed by atoms with E-state index in [1.54, 1.807) is 17.8 Å². The van der Waals surface area contributed by atoms with Gasteiger partial charge in [0.25, 0.3) is 5.91 Å².